The van der Waals surface area contributed by atoms with Gasteiger partial charge in [0.2, 0.25) is 0 Å². The van der Waals surface area contributed by atoms with Crippen LogP contribution in [0.5, 0.6) is 0 Å². The number of hydrogen-bond acceptors (Lipinski definition) is 6. The highest BCUT2D eigenvalue weighted by Crippen LogP contribution is 2.25. The molecule has 2 aromatic carbocycles. The van der Waals surface area contributed by atoms with Gasteiger partial charge in [-0.15, -0.1) is 0 Å². The fraction of sp³-hybridized carbons (Fsp3) is 0.217. The van der Waals surface area contributed by atoms with Crippen LogP contribution < -0.4 is 21.9 Å². The van der Waals surface area contributed by atoms with Gasteiger partial charge in [0.25, 0.3) is 17.9 Å². The SMILES string of the molecule is COCCn1c(N)c(N(Cc2ccccc2)C(=O)c2ccc3nc(C(F)F)[nH]c3c2)c(=O)[nH]c1=O. The van der Waals surface area contributed by atoms with Crippen LogP contribution in [0.1, 0.15) is 28.2 Å². The lowest BCUT2D eigenvalue weighted by atomic mass is 10.1. The number of anilines is 2. The van der Waals surface area contributed by atoms with Gasteiger partial charge in [0.05, 0.1) is 30.7 Å². The van der Waals surface area contributed by atoms with Crippen molar-refractivity contribution in [3.63, 3.8) is 0 Å². The van der Waals surface area contributed by atoms with Crippen LogP contribution in [0.2, 0.25) is 0 Å². The molecular weight excluding hydrogens is 462 g/mol. The van der Waals surface area contributed by atoms with Crippen molar-refractivity contribution in [2.45, 2.75) is 19.5 Å². The van der Waals surface area contributed by atoms with E-state index >= 15 is 0 Å². The zero-order chi connectivity index (χ0) is 25.1. The summed E-state index contributed by atoms with van der Waals surface area (Å²) in [6, 6.07) is 13.1. The van der Waals surface area contributed by atoms with Crippen LogP contribution in [0, 0.1) is 0 Å². The fourth-order valence-electron chi connectivity index (χ4n) is 3.68. The predicted octanol–water partition coefficient (Wildman–Crippen LogP) is 2.43. The Balaban J connectivity index is 1.84. The van der Waals surface area contributed by atoms with Crippen molar-refractivity contribution in [3.8, 4) is 0 Å². The van der Waals surface area contributed by atoms with Crippen molar-refractivity contribution in [2.24, 2.45) is 0 Å². The summed E-state index contributed by atoms with van der Waals surface area (Å²) in [5.41, 5.74) is 5.71. The smallest absolute Gasteiger partial charge is 0.330 e. The topological polar surface area (TPSA) is 139 Å². The first-order chi connectivity index (χ1) is 16.8. The molecule has 2 aromatic heterocycles. The molecule has 4 rings (SSSR count). The van der Waals surface area contributed by atoms with E-state index in [1.807, 2.05) is 0 Å². The normalized spacial score (nSPS) is 11.3. The van der Waals surface area contributed by atoms with E-state index in [9.17, 15) is 23.2 Å². The molecule has 4 N–H and O–H groups in total. The standard InChI is InChI=1S/C23H22F2N6O4/c1-35-10-9-30-19(26)17(21(32)29-23(30)34)31(12-13-5-3-2-4-6-13)22(33)14-7-8-15-16(11-14)28-20(27-15)18(24)25/h2-8,11,18H,9-10,12,26H2,1H3,(H,27,28)(H,29,32,34). The first-order valence-corrected chi connectivity index (χ1v) is 10.5. The van der Waals surface area contributed by atoms with Gasteiger partial charge in [0.1, 0.15) is 5.82 Å². The third-order valence-electron chi connectivity index (χ3n) is 5.39. The van der Waals surface area contributed by atoms with E-state index < -0.39 is 29.4 Å². The van der Waals surface area contributed by atoms with Gasteiger partial charge in [-0.2, -0.15) is 0 Å². The maximum atomic E-state index is 13.7. The van der Waals surface area contributed by atoms with Crippen molar-refractivity contribution in [2.75, 3.05) is 24.4 Å². The zero-order valence-corrected chi connectivity index (χ0v) is 18.6. The second-order valence-corrected chi connectivity index (χ2v) is 7.67. The average Bonchev–Trinajstić information content (AvgIpc) is 3.27. The molecule has 0 bridgehead atoms. The molecule has 0 aliphatic heterocycles. The van der Waals surface area contributed by atoms with Gasteiger partial charge < -0.3 is 15.5 Å². The molecule has 1 amide bonds. The number of rotatable bonds is 8. The highest BCUT2D eigenvalue weighted by Gasteiger charge is 2.26. The minimum Gasteiger partial charge on any atom is -0.383 e. The van der Waals surface area contributed by atoms with E-state index in [4.69, 9.17) is 10.5 Å². The number of hydrogen-bond donors (Lipinski definition) is 3. The van der Waals surface area contributed by atoms with Crippen LogP contribution in [0.4, 0.5) is 20.3 Å². The molecule has 0 fully saturated rings. The largest absolute Gasteiger partial charge is 0.383 e. The fourth-order valence-corrected chi connectivity index (χ4v) is 3.68. The van der Waals surface area contributed by atoms with Gasteiger partial charge in [0, 0.05) is 12.7 Å². The number of nitrogens with zero attached hydrogens (tertiary/aromatic N) is 3. The van der Waals surface area contributed by atoms with Crippen molar-refractivity contribution in [1.29, 1.82) is 0 Å². The van der Waals surface area contributed by atoms with E-state index in [0.717, 1.165) is 9.47 Å². The zero-order valence-electron chi connectivity index (χ0n) is 18.6. The molecule has 10 nitrogen and oxygen atoms in total. The number of nitrogen functional groups attached to an aromatic ring is 1. The molecule has 0 atom stereocenters. The Labute approximate surface area is 197 Å². The Morgan fingerprint density at radius 1 is 1.17 bits per heavy atom. The third kappa shape index (κ3) is 4.82. The number of halogens is 2. The molecule has 35 heavy (non-hydrogen) atoms. The maximum absolute atomic E-state index is 13.7. The number of aromatic nitrogens is 4. The highest BCUT2D eigenvalue weighted by molar-refractivity contribution is 6.08. The second kappa shape index (κ2) is 9.89. The van der Waals surface area contributed by atoms with Crippen LogP contribution >= 0.6 is 0 Å². The summed E-state index contributed by atoms with van der Waals surface area (Å²) in [7, 11) is 1.45. The molecule has 0 spiro atoms. The minimum absolute atomic E-state index is 0.0429. The lowest BCUT2D eigenvalue weighted by Gasteiger charge is -2.25. The number of carbonyl (C=O) groups is 1. The number of ether oxygens (including phenoxy) is 1. The van der Waals surface area contributed by atoms with Crippen molar-refractivity contribution in [3.05, 3.63) is 86.3 Å². The molecule has 0 unspecified atom stereocenters. The Morgan fingerprint density at radius 2 is 1.91 bits per heavy atom. The van der Waals surface area contributed by atoms with Gasteiger partial charge in [0.15, 0.2) is 11.5 Å². The number of nitrogens with two attached hydrogens (primary N) is 1. The summed E-state index contributed by atoms with van der Waals surface area (Å²) >= 11 is 0. The summed E-state index contributed by atoms with van der Waals surface area (Å²) in [6.07, 6.45) is -2.80. The van der Waals surface area contributed by atoms with Crippen molar-refractivity contribution >= 4 is 28.4 Å². The summed E-state index contributed by atoms with van der Waals surface area (Å²) in [4.78, 5) is 48.5. The number of aromatic amines is 2. The van der Waals surface area contributed by atoms with E-state index in [1.165, 1.54) is 25.3 Å². The Kier molecular flexibility index (Phi) is 6.73. The summed E-state index contributed by atoms with van der Waals surface area (Å²) in [6.45, 7) is 0.152. The molecule has 0 saturated carbocycles. The monoisotopic (exact) mass is 484 g/mol. The van der Waals surface area contributed by atoms with Crippen LogP contribution in [0.15, 0.2) is 58.1 Å². The number of fused-ring (bicyclic) bond motifs is 1. The quantitative estimate of drug-likeness (QED) is 0.351. The lowest BCUT2D eigenvalue weighted by Crippen LogP contribution is -2.41. The van der Waals surface area contributed by atoms with E-state index in [-0.39, 0.29) is 47.8 Å². The number of H-pyrrole nitrogens is 2. The second-order valence-electron chi connectivity index (χ2n) is 7.67. The highest BCUT2D eigenvalue weighted by atomic mass is 19.3. The van der Waals surface area contributed by atoms with E-state index in [0.29, 0.717) is 5.56 Å². The molecule has 12 heteroatoms. The van der Waals surface area contributed by atoms with Gasteiger partial charge in [-0.3, -0.25) is 24.0 Å². The lowest BCUT2D eigenvalue weighted by molar-refractivity contribution is 0.0984. The van der Waals surface area contributed by atoms with Gasteiger partial charge in [-0.25, -0.2) is 18.6 Å². The minimum atomic E-state index is -2.80. The Hall–Kier alpha value is -4.32. The average molecular weight is 484 g/mol. The van der Waals surface area contributed by atoms with Gasteiger partial charge in [-0.05, 0) is 23.8 Å². The molecule has 0 saturated heterocycles. The Bertz CT molecular complexity index is 1480. The van der Waals surface area contributed by atoms with Crippen LogP contribution in [0.25, 0.3) is 11.0 Å². The van der Waals surface area contributed by atoms with Crippen molar-refractivity contribution in [1.82, 2.24) is 19.5 Å². The summed E-state index contributed by atoms with van der Waals surface area (Å²) < 4.78 is 32.2. The number of nitrogens with one attached hydrogen (secondary N) is 2. The first kappa shape index (κ1) is 23.8. The molecule has 2 heterocycles. The molecule has 0 aliphatic carbocycles. The predicted molar refractivity (Wildman–Crippen MR) is 126 cm³/mol. The van der Waals surface area contributed by atoms with Gasteiger partial charge in [-0.1, -0.05) is 30.3 Å². The molecular formula is C23H22F2N6O4. The number of carbonyl (C=O) groups excluding carboxylic acids is 1. The molecule has 0 radical (unpaired) electrons. The van der Waals surface area contributed by atoms with Crippen molar-refractivity contribution < 1.29 is 18.3 Å². The number of methoxy groups -OCH3 is 1. The summed E-state index contributed by atoms with van der Waals surface area (Å²) in [5, 5.41) is 0. The number of amides is 1. The summed E-state index contributed by atoms with van der Waals surface area (Å²) in [5.74, 6) is -1.35. The van der Waals surface area contributed by atoms with Crippen LogP contribution in [-0.4, -0.2) is 39.1 Å². The third-order valence-corrected chi connectivity index (χ3v) is 5.39. The van der Waals surface area contributed by atoms with Crippen LogP contribution in [-0.2, 0) is 17.8 Å². The van der Waals surface area contributed by atoms with Crippen LogP contribution in [0.3, 0.4) is 0 Å². The van der Waals surface area contributed by atoms with E-state index in [1.54, 1.807) is 30.3 Å². The Morgan fingerprint density at radius 3 is 2.60 bits per heavy atom. The van der Waals surface area contributed by atoms with Gasteiger partial charge >= 0.3 is 5.69 Å². The molecule has 182 valence electrons. The number of benzene rings is 2. The van der Waals surface area contributed by atoms with E-state index in [2.05, 4.69) is 15.0 Å². The molecule has 4 aromatic rings. The molecule has 0 aliphatic rings. The number of alkyl halides is 2. The maximum Gasteiger partial charge on any atom is 0.330 e. The first-order valence-electron chi connectivity index (χ1n) is 10.5. The number of imidazole rings is 1.